The van der Waals surface area contributed by atoms with E-state index < -0.39 is 23.7 Å². The molecule has 7 heteroatoms. The Hall–Kier alpha value is -0.750. The summed E-state index contributed by atoms with van der Waals surface area (Å²) in [6, 6.07) is 1.06. The van der Waals surface area contributed by atoms with Crippen LogP contribution in [0.15, 0.2) is 10.7 Å². The van der Waals surface area contributed by atoms with Gasteiger partial charge in [0.05, 0.1) is 5.88 Å². The highest BCUT2D eigenvalue weighted by atomic mass is 79.9. The molecule has 82 valence electrons. The molecule has 1 heterocycles. The summed E-state index contributed by atoms with van der Waals surface area (Å²) in [7, 11) is 0. The largest absolute Gasteiger partial charge is 0.477 e. The van der Waals surface area contributed by atoms with Crippen LogP contribution in [-0.2, 0) is 5.88 Å². The number of halogens is 4. The fourth-order valence-electron chi connectivity index (χ4n) is 1.07. The molecule has 1 rings (SSSR count). The van der Waals surface area contributed by atoms with Gasteiger partial charge in [-0.25, -0.2) is 18.6 Å². The van der Waals surface area contributed by atoms with Crippen LogP contribution in [0.5, 0.6) is 0 Å². The summed E-state index contributed by atoms with van der Waals surface area (Å²) in [5.41, 5.74) is -1.01. The molecule has 15 heavy (non-hydrogen) atoms. The van der Waals surface area contributed by atoms with Gasteiger partial charge in [-0.1, -0.05) is 0 Å². The van der Waals surface area contributed by atoms with E-state index in [1.807, 2.05) is 0 Å². The van der Waals surface area contributed by atoms with E-state index in [1.54, 1.807) is 0 Å². The van der Waals surface area contributed by atoms with E-state index in [-0.39, 0.29) is 16.0 Å². The van der Waals surface area contributed by atoms with Gasteiger partial charge in [-0.2, -0.15) is 0 Å². The summed E-state index contributed by atoms with van der Waals surface area (Å²) in [6.07, 6.45) is -2.78. The van der Waals surface area contributed by atoms with Crippen LogP contribution in [0, 0.1) is 0 Å². The van der Waals surface area contributed by atoms with Gasteiger partial charge in [0.25, 0.3) is 6.43 Å². The van der Waals surface area contributed by atoms with Gasteiger partial charge in [0.15, 0.2) is 5.69 Å². The molecule has 0 amide bonds. The highest BCUT2D eigenvalue weighted by molar-refractivity contribution is 9.10. The monoisotopic (exact) mass is 299 g/mol. The van der Waals surface area contributed by atoms with Crippen molar-refractivity contribution in [1.29, 1.82) is 0 Å². The van der Waals surface area contributed by atoms with E-state index in [0.29, 0.717) is 0 Å². The van der Waals surface area contributed by atoms with Gasteiger partial charge in [0.2, 0.25) is 0 Å². The molecule has 0 aliphatic rings. The summed E-state index contributed by atoms with van der Waals surface area (Å²) in [5.74, 6) is -1.70. The number of carboxylic acid groups (broad SMARTS) is 1. The zero-order valence-electron chi connectivity index (χ0n) is 7.18. The fourth-order valence-corrected chi connectivity index (χ4v) is 1.78. The maximum atomic E-state index is 12.5. The fraction of sp³-hybridized carbons (Fsp3) is 0.250. The molecule has 0 aliphatic carbocycles. The van der Waals surface area contributed by atoms with Crippen molar-refractivity contribution in [1.82, 2.24) is 4.98 Å². The van der Waals surface area contributed by atoms with Gasteiger partial charge in [0.1, 0.15) is 4.60 Å². The minimum Gasteiger partial charge on any atom is -0.477 e. The third-order valence-electron chi connectivity index (χ3n) is 1.70. The maximum Gasteiger partial charge on any atom is 0.354 e. The average Bonchev–Trinajstić information content (AvgIpc) is 2.16. The molecule has 0 aromatic carbocycles. The third-order valence-corrected chi connectivity index (χ3v) is 2.37. The van der Waals surface area contributed by atoms with Crippen molar-refractivity contribution < 1.29 is 18.7 Å². The first kappa shape index (κ1) is 12.3. The number of alkyl halides is 3. The summed E-state index contributed by atoms with van der Waals surface area (Å²) < 4.78 is 25.1. The number of nitrogens with zero attached hydrogens (tertiary/aromatic N) is 1. The molecule has 0 radical (unpaired) electrons. The second-order valence-electron chi connectivity index (χ2n) is 2.60. The van der Waals surface area contributed by atoms with Crippen molar-refractivity contribution in [2.75, 3.05) is 0 Å². The van der Waals surface area contributed by atoms with Crippen LogP contribution in [0.2, 0.25) is 0 Å². The van der Waals surface area contributed by atoms with Gasteiger partial charge < -0.3 is 5.11 Å². The number of carboxylic acids is 1. The minimum atomic E-state index is -2.78. The van der Waals surface area contributed by atoms with Crippen LogP contribution in [0.25, 0.3) is 0 Å². The van der Waals surface area contributed by atoms with E-state index in [9.17, 15) is 13.6 Å². The summed E-state index contributed by atoms with van der Waals surface area (Å²) >= 11 is 8.29. The Bertz CT molecular complexity index is 400. The standard InChI is InChI=1S/C8H5BrClF2NO2/c9-5-1-3(7(11)12)4(2-10)6(13-5)8(14)15/h1,7H,2H2,(H,14,15). The zero-order chi connectivity index (χ0) is 11.6. The molecule has 1 N–H and O–H groups in total. The first-order valence-corrected chi connectivity index (χ1v) is 5.06. The molecule has 0 spiro atoms. The number of aromatic carboxylic acids is 1. The summed E-state index contributed by atoms with van der Waals surface area (Å²) in [5, 5.41) is 8.74. The Labute approximate surface area is 97.2 Å². The Balaban J connectivity index is 3.45. The highest BCUT2D eigenvalue weighted by Crippen LogP contribution is 2.28. The first-order chi connectivity index (χ1) is 6.97. The van der Waals surface area contributed by atoms with Crippen molar-refractivity contribution in [3.63, 3.8) is 0 Å². The predicted octanol–water partition coefficient (Wildman–Crippen LogP) is 3.22. The van der Waals surface area contributed by atoms with Crippen LogP contribution >= 0.6 is 27.5 Å². The Morgan fingerprint density at radius 1 is 1.67 bits per heavy atom. The van der Waals surface area contributed by atoms with Crippen molar-refractivity contribution in [2.45, 2.75) is 12.3 Å². The van der Waals surface area contributed by atoms with Crippen molar-refractivity contribution in [2.24, 2.45) is 0 Å². The van der Waals surface area contributed by atoms with Crippen LogP contribution in [0.4, 0.5) is 8.78 Å². The second-order valence-corrected chi connectivity index (χ2v) is 3.68. The van der Waals surface area contributed by atoms with E-state index in [4.69, 9.17) is 16.7 Å². The molecule has 1 aromatic heterocycles. The van der Waals surface area contributed by atoms with E-state index >= 15 is 0 Å². The number of aromatic nitrogens is 1. The molecular weight excluding hydrogens is 295 g/mol. The van der Waals surface area contributed by atoms with Crippen LogP contribution in [-0.4, -0.2) is 16.1 Å². The van der Waals surface area contributed by atoms with E-state index in [1.165, 1.54) is 0 Å². The predicted molar refractivity (Wildman–Crippen MR) is 53.4 cm³/mol. The topological polar surface area (TPSA) is 50.2 Å². The van der Waals surface area contributed by atoms with E-state index in [2.05, 4.69) is 20.9 Å². The molecular formula is C8H5BrClF2NO2. The lowest BCUT2D eigenvalue weighted by molar-refractivity contribution is 0.0688. The molecule has 0 bridgehead atoms. The van der Waals surface area contributed by atoms with Crippen LogP contribution < -0.4 is 0 Å². The lowest BCUT2D eigenvalue weighted by Crippen LogP contribution is -2.08. The molecule has 0 fully saturated rings. The van der Waals surface area contributed by atoms with E-state index in [0.717, 1.165) is 6.07 Å². The second kappa shape index (κ2) is 4.85. The van der Waals surface area contributed by atoms with Gasteiger partial charge in [-0.15, -0.1) is 11.6 Å². The Morgan fingerprint density at radius 3 is 2.67 bits per heavy atom. The first-order valence-electron chi connectivity index (χ1n) is 3.74. The third kappa shape index (κ3) is 2.63. The van der Waals surface area contributed by atoms with Gasteiger partial charge in [-0.05, 0) is 22.0 Å². The number of carbonyl (C=O) groups is 1. The number of rotatable bonds is 3. The van der Waals surface area contributed by atoms with Crippen molar-refractivity contribution >= 4 is 33.5 Å². The van der Waals surface area contributed by atoms with Crippen LogP contribution in [0.3, 0.4) is 0 Å². The lowest BCUT2D eigenvalue weighted by atomic mass is 10.1. The molecule has 1 aromatic rings. The molecule has 0 unspecified atom stereocenters. The molecule has 0 atom stereocenters. The molecule has 0 saturated carbocycles. The Kier molecular flexibility index (Phi) is 3.98. The smallest absolute Gasteiger partial charge is 0.354 e. The highest BCUT2D eigenvalue weighted by Gasteiger charge is 2.21. The SMILES string of the molecule is O=C(O)c1nc(Br)cc(C(F)F)c1CCl. The van der Waals surface area contributed by atoms with Crippen LogP contribution in [0.1, 0.15) is 28.0 Å². The van der Waals surface area contributed by atoms with Crippen molar-refractivity contribution in [3.05, 3.63) is 27.5 Å². The normalized spacial score (nSPS) is 10.7. The maximum absolute atomic E-state index is 12.5. The lowest BCUT2D eigenvalue weighted by Gasteiger charge is -2.09. The number of pyridine rings is 1. The molecule has 0 aliphatic heterocycles. The van der Waals surface area contributed by atoms with Gasteiger partial charge in [-0.3, -0.25) is 0 Å². The van der Waals surface area contributed by atoms with Gasteiger partial charge in [0, 0.05) is 11.1 Å². The summed E-state index contributed by atoms with van der Waals surface area (Å²) in [4.78, 5) is 14.3. The number of hydrogen-bond donors (Lipinski definition) is 1. The quantitative estimate of drug-likeness (QED) is 0.689. The minimum absolute atomic E-state index is 0.0454. The average molecular weight is 300 g/mol. The van der Waals surface area contributed by atoms with Crippen molar-refractivity contribution in [3.8, 4) is 0 Å². The molecule has 0 saturated heterocycles. The van der Waals surface area contributed by atoms with Gasteiger partial charge >= 0.3 is 5.97 Å². The summed E-state index contributed by atoms with van der Waals surface area (Å²) in [6.45, 7) is 0. The molecule has 3 nitrogen and oxygen atoms in total. The Morgan fingerprint density at radius 2 is 2.27 bits per heavy atom. The zero-order valence-corrected chi connectivity index (χ0v) is 9.52. The number of hydrogen-bond acceptors (Lipinski definition) is 2.